The Labute approximate surface area is 92.3 Å². The highest BCUT2D eigenvalue weighted by Crippen LogP contribution is 1.95. The summed E-state index contributed by atoms with van der Waals surface area (Å²) in [5, 5.41) is 5.04. The molecule has 2 aromatic rings. The van der Waals surface area contributed by atoms with Crippen molar-refractivity contribution in [3.05, 3.63) is 34.4 Å². The molecule has 0 fully saturated rings. The molecule has 0 saturated carbocycles. The van der Waals surface area contributed by atoms with Crippen molar-refractivity contribution in [1.29, 1.82) is 0 Å². The topological polar surface area (TPSA) is 79.3 Å². The smallest absolute Gasteiger partial charge is 0.285 e. The number of aromatic amines is 1. The average molecular weight is 222 g/mol. The average Bonchev–Trinajstić information content (AvgIpc) is 2.80. The molecule has 0 aliphatic carbocycles. The molecule has 2 rings (SSSR count). The van der Waals surface area contributed by atoms with Crippen LogP contribution in [0.4, 0.5) is 0 Å². The zero-order valence-corrected chi connectivity index (χ0v) is 9.44. The van der Waals surface area contributed by atoms with Gasteiger partial charge in [0.1, 0.15) is 5.56 Å². The lowest BCUT2D eigenvalue weighted by Gasteiger charge is -1.98. The van der Waals surface area contributed by atoms with E-state index in [-0.39, 0.29) is 5.56 Å². The van der Waals surface area contributed by atoms with E-state index in [1.54, 1.807) is 12.3 Å². The number of aromatic nitrogens is 3. The maximum Gasteiger partial charge on any atom is 0.285 e. The van der Waals surface area contributed by atoms with Crippen molar-refractivity contribution in [2.45, 2.75) is 13.8 Å². The van der Waals surface area contributed by atoms with Gasteiger partial charge in [-0.3, -0.25) is 14.7 Å². The van der Waals surface area contributed by atoms with E-state index in [4.69, 9.17) is 0 Å². The Balaban J connectivity index is 0.000000606. The fourth-order valence-electron chi connectivity index (χ4n) is 1.19. The van der Waals surface area contributed by atoms with Crippen molar-refractivity contribution in [3.8, 4) is 0 Å². The standard InChI is InChI=1S/C8H8N4O2.C2H6/c1-9-7(13)5-4-10-6-2-3-11-12(6)8(5)14;1-2/h2-4,11H,1H3,(H,9,13);1-2H3. The molecular formula is C10H14N4O2. The Hall–Kier alpha value is -2.11. The molecule has 86 valence electrons. The number of hydrogen-bond acceptors (Lipinski definition) is 3. The summed E-state index contributed by atoms with van der Waals surface area (Å²) in [4.78, 5) is 26.8. The van der Waals surface area contributed by atoms with Gasteiger partial charge in [0.15, 0.2) is 5.65 Å². The second-order valence-corrected chi connectivity index (χ2v) is 2.71. The lowest BCUT2D eigenvalue weighted by Crippen LogP contribution is -2.29. The second-order valence-electron chi connectivity index (χ2n) is 2.71. The molecule has 2 N–H and O–H groups in total. The summed E-state index contributed by atoms with van der Waals surface area (Å²) in [6.45, 7) is 4.00. The number of rotatable bonds is 1. The van der Waals surface area contributed by atoms with E-state index in [1.807, 2.05) is 13.8 Å². The molecular weight excluding hydrogens is 208 g/mol. The third kappa shape index (κ3) is 1.95. The molecule has 0 aliphatic rings. The molecule has 6 heteroatoms. The molecule has 0 aromatic carbocycles. The van der Waals surface area contributed by atoms with Crippen LogP contribution < -0.4 is 10.9 Å². The van der Waals surface area contributed by atoms with Crippen LogP contribution in [0.5, 0.6) is 0 Å². The van der Waals surface area contributed by atoms with Gasteiger partial charge in [0.25, 0.3) is 11.5 Å². The SMILES string of the molecule is CC.CNC(=O)c1cnc2cc[nH]n2c1=O. The molecule has 0 unspecified atom stereocenters. The molecule has 1 amide bonds. The predicted molar refractivity (Wildman–Crippen MR) is 60.6 cm³/mol. The molecule has 0 spiro atoms. The minimum Gasteiger partial charge on any atom is -0.355 e. The Kier molecular flexibility index (Phi) is 3.82. The zero-order valence-electron chi connectivity index (χ0n) is 9.44. The number of fused-ring (bicyclic) bond motifs is 1. The summed E-state index contributed by atoms with van der Waals surface area (Å²) < 4.78 is 1.21. The van der Waals surface area contributed by atoms with Gasteiger partial charge in [0.05, 0.1) is 0 Å². The monoisotopic (exact) mass is 222 g/mol. The van der Waals surface area contributed by atoms with Crippen molar-refractivity contribution in [2.24, 2.45) is 0 Å². The van der Waals surface area contributed by atoms with Crippen LogP contribution in [0.25, 0.3) is 5.65 Å². The summed E-state index contributed by atoms with van der Waals surface area (Å²) in [6, 6.07) is 1.65. The number of nitrogens with one attached hydrogen (secondary N) is 2. The third-order valence-electron chi connectivity index (χ3n) is 1.90. The van der Waals surface area contributed by atoms with Gasteiger partial charge in [0, 0.05) is 25.5 Å². The van der Waals surface area contributed by atoms with Gasteiger partial charge in [-0.15, -0.1) is 0 Å². The van der Waals surface area contributed by atoms with Crippen molar-refractivity contribution in [1.82, 2.24) is 19.9 Å². The Morgan fingerprint density at radius 3 is 2.81 bits per heavy atom. The van der Waals surface area contributed by atoms with Gasteiger partial charge >= 0.3 is 0 Å². The van der Waals surface area contributed by atoms with Crippen molar-refractivity contribution < 1.29 is 4.79 Å². The predicted octanol–water partition coefficient (Wildman–Crippen LogP) is 0.408. The Bertz CT molecular complexity index is 541. The molecule has 0 radical (unpaired) electrons. The van der Waals surface area contributed by atoms with Crippen molar-refractivity contribution in [2.75, 3.05) is 7.05 Å². The summed E-state index contributed by atoms with van der Waals surface area (Å²) >= 11 is 0. The van der Waals surface area contributed by atoms with Crippen molar-refractivity contribution >= 4 is 11.6 Å². The van der Waals surface area contributed by atoms with E-state index in [9.17, 15) is 9.59 Å². The molecule has 16 heavy (non-hydrogen) atoms. The van der Waals surface area contributed by atoms with Gasteiger partial charge in [-0.1, -0.05) is 13.8 Å². The van der Waals surface area contributed by atoms with Gasteiger partial charge in [-0.25, -0.2) is 9.50 Å². The first kappa shape index (κ1) is 12.0. The highest BCUT2D eigenvalue weighted by molar-refractivity contribution is 5.93. The van der Waals surface area contributed by atoms with Crippen LogP contribution in [0, 0.1) is 0 Å². The summed E-state index contributed by atoms with van der Waals surface area (Å²) in [5.41, 5.74) is 0.106. The van der Waals surface area contributed by atoms with E-state index in [0.717, 1.165) is 0 Å². The van der Waals surface area contributed by atoms with Gasteiger partial charge in [0.2, 0.25) is 0 Å². The highest BCUT2D eigenvalue weighted by Gasteiger charge is 2.11. The number of nitrogens with zero attached hydrogens (tertiary/aromatic N) is 2. The van der Waals surface area contributed by atoms with E-state index in [0.29, 0.717) is 5.65 Å². The van der Waals surface area contributed by atoms with Gasteiger partial charge in [-0.05, 0) is 0 Å². The van der Waals surface area contributed by atoms with Crippen LogP contribution in [-0.4, -0.2) is 27.6 Å². The van der Waals surface area contributed by atoms with E-state index < -0.39 is 11.5 Å². The first-order valence-electron chi connectivity index (χ1n) is 5.01. The fourth-order valence-corrected chi connectivity index (χ4v) is 1.19. The number of hydrogen-bond donors (Lipinski definition) is 2. The Morgan fingerprint density at radius 1 is 1.50 bits per heavy atom. The van der Waals surface area contributed by atoms with Crippen LogP contribution >= 0.6 is 0 Å². The van der Waals surface area contributed by atoms with Gasteiger partial charge in [-0.2, -0.15) is 0 Å². The van der Waals surface area contributed by atoms with Crippen LogP contribution in [0.15, 0.2) is 23.3 Å². The molecule has 6 nitrogen and oxygen atoms in total. The molecule has 0 atom stereocenters. The maximum atomic E-state index is 11.6. The maximum absolute atomic E-state index is 11.6. The molecule has 2 aromatic heterocycles. The quantitative estimate of drug-likeness (QED) is 0.733. The summed E-state index contributed by atoms with van der Waals surface area (Å²) in [7, 11) is 1.46. The highest BCUT2D eigenvalue weighted by atomic mass is 16.2. The molecule has 0 saturated heterocycles. The molecule has 0 bridgehead atoms. The number of carbonyl (C=O) groups excluding carboxylic acids is 1. The third-order valence-corrected chi connectivity index (χ3v) is 1.90. The van der Waals surface area contributed by atoms with E-state index in [2.05, 4.69) is 15.4 Å². The molecule has 2 heterocycles. The van der Waals surface area contributed by atoms with Crippen LogP contribution in [0.1, 0.15) is 24.2 Å². The van der Waals surface area contributed by atoms with E-state index in [1.165, 1.54) is 17.8 Å². The minimum absolute atomic E-state index is 0.0208. The second kappa shape index (κ2) is 5.11. The molecule has 0 aliphatic heterocycles. The fraction of sp³-hybridized carbons (Fsp3) is 0.300. The minimum atomic E-state index is -0.438. The lowest BCUT2D eigenvalue weighted by atomic mass is 10.3. The summed E-state index contributed by atoms with van der Waals surface area (Å²) in [5.74, 6) is -0.438. The number of amides is 1. The first-order valence-corrected chi connectivity index (χ1v) is 5.01. The van der Waals surface area contributed by atoms with Gasteiger partial charge < -0.3 is 5.32 Å². The Morgan fingerprint density at radius 2 is 2.19 bits per heavy atom. The van der Waals surface area contributed by atoms with Crippen LogP contribution in [0.3, 0.4) is 0 Å². The zero-order chi connectivity index (χ0) is 12.1. The number of H-pyrrole nitrogens is 1. The largest absolute Gasteiger partial charge is 0.355 e. The normalized spacial score (nSPS) is 9.44. The van der Waals surface area contributed by atoms with Crippen LogP contribution in [-0.2, 0) is 0 Å². The van der Waals surface area contributed by atoms with Crippen LogP contribution in [0.2, 0.25) is 0 Å². The van der Waals surface area contributed by atoms with Crippen molar-refractivity contribution in [3.63, 3.8) is 0 Å². The van der Waals surface area contributed by atoms with E-state index >= 15 is 0 Å². The number of carbonyl (C=O) groups is 1. The first-order chi connectivity index (χ1) is 7.74. The summed E-state index contributed by atoms with van der Waals surface area (Å²) in [6.07, 6.45) is 2.85. The lowest BCUT2D eigenvalue weighted by molar-refractivity contribution is 0.0961.